The van der Waals surface area contributed by atoms with E-state index in [2.05, 4.69) is 10.2 Å². The SMILES string of the molecule is O=C(Nc1ccccc1F)C1CC1C(=O)N1CCN(c2ccc(F)cc2)CC1. The highest BCUT2D eigenvalue weighted by atomic mass is 19.1. The average molecular weight is 385 g/mol. The molecule has 1 saturated heterocycles. The van der Waals surface area contributed by atoms with Gasteiger partial charge in [0.1, 0.15) is 11.6 Å². The van der Waals surface area contributed by atoms with E-state index in [0.29, 0.717) is 32.6 Å². The molecule has 0 radical (unpaired) electrons. The Kier molecular flexibility index (Phi) is 4.98. The van der Waals surface area contributed by atoms with Gasteiger partial charge in [-0.05, 0) is 42.8 Å². The van der Waals surface area contributed by atoms with Crippen molar-refractivity contribution in [3.63, 3.8) is 0 Å². The maximum atomic E-state index is 13.7. The quantitative estimate of drug-likeness (QED) is 0.881. The van der Waals surface area contributed by atoms with E-state index in [1.54, 1.807) is 29.2 Å². The third-order valence-electron chi connectivity index (χ3n) is 5.36. The number of amides is 2. The standard InChI is InChI=1S/C21H21F2N3O2/c22-14-5-7-15(8-6-14)25-9-11-26(12-10-25)21(28)17-13-16(17)20(27)24-19-4-2-1-3-18(19)23/h1-8,16-17H,9-13H2,(H,24,27). The monoisotopic (exact) mass is 385 g/mol. The molecule has 1 heterocycles. The number of carbonyl (C=O) groups is 2. The Balaban J connectivity index is 1.29. The van der Waals surface area contributed by atoms with Gasteiger partial charge in [0.15, 0.2) is 0 Å². The van der Waals surface area contributed by atoms with E-state index in [-0.39, 0.29) is 29.2 Å². The molecule has 2 amide bonds. The van der Waals surface area contributed by atoms with Crippen LogP contribution in [-0.4, -0.2) is 42.9 Å². The molecule has 2 unspecified atom stereocenters. The number of halogens is 2. The van der Waals surface area contributed by atoms with Crippen LogP contribution < -0.4 is 10.2 Å². The molecule has 2 fully saturated rings. The molecule has 4 rings (SSSR count). The van der Waals surface area contributed by atoms with Crippen molar-refractivity contribution in [2.75, 3.05) is 36.4 Å². The fraction of sp³-hybridized carbons (Fsp3) is 0.333. The maximum Gasteiger partial charge on any atom is 0.228 e. The van der Waals surface area contributed by atoms with Gasteiger partial charge in [0.2, 0.25) is 11.8 Å². The number of benzene rings is 2. The van der Waals surface area contributed by atoms with Crippen LogP contribution >= 0.6 is 0 Å². The summed E-state index contributed by atoms with van der Waals surface area (Å²) in [5.74, 6) is -1.82. The molecule has 28 heavy (non-hydrogen) atoms. The number of hydrogen-bond acceptors (Lipinski definition) is 3. The van der Waals surface area contributed by atoms with Gasteiger partial charge in [-0.15, -0.1) is 0 Å². The topological polar surface area (TPSA) is 52.7 Å². The van der Waals surface area contributed by atoms with Gasteiger partial charge in [0.05, 0.1) is 17.5 Å². The van der Waals surface area contributed by atoms with Crippen LogP contribution in [0.4, 0.5) is 20.2 Å². The molecule has 1 N–H and O–H groups in total. The van der Waals surface area contributed by atoms with Gasteiger partial charge < -0.3 is 15.1 Å². The van der Waals surface area contributed by atoms with Crippen LogP contribution in [0.1, 0.15) is 6.42 Å². The zero-order valence-corrected chi connectivity index (χ0v) is 15.3. The molecule has 7 heteroatoms. The van der Waals surface area contributed by atoms with Gasteiger partial charge in [0, 0.05) is 31.9 Å². The largest absolute Gasteiger partial charge is 0.368 e. The highest BCUT2D eigenvalue weighted by Gasteiger charge is 2.49. The zero-order valence-electron chi connectivity index (χ0n) is 15.3. The molecule has 0 bridgehead atoms. The minimum absolute atomic E-state index is 0.0209. The molecule has 0 spiro atoms. The predicted octanol–water partition coefficient (Wildman–Crippen LogP) is 2.89. The number of nitrogens with zero attached hydrogens (tertiary/aromatic N) is 2. The van der Waals surface area contributed by atoms with Gasteiger partial charge >= 0.3 is 0 Å². The lowest BCUT2D eigenvalue weighted by Crippen LogP contribution is -2.49. The van der Waals surface area contributed by atoms with Crippen LogP contribution in [-0.2, 0) is 9.59 Å². The third-order valence-corrected chi connectivity index (χ3v) is 5.36. The van der Waals surface area contributed by atoms with Crippen LogP contribution in [0.2, 0.25) is 0 Å². The van der Waals surface area contributed by atoms with Crippen LogP contribution in [0.5, 0.6) is 0 Å². The number of nitrogens with one attached hydrogen (secondary N) is 1. The van der Waals surface area contributed by atoms with E-state index in [1.165, 1.54) is 24.3 Å². The third kappa shape index (κ3) is 3.83. The lowest BCUT2D eigenvalue weighted by atomic mass is 10.2. The summed E-state index contributed by atoms with van der Waals surface area (Å²) in [5, 5.41) is 2.57. The van der Waals surface area contributed by atoms with E-state index >= 15 is 0 Å². The average Bonchev–Trinajstić information content (AvgIpc) is 3.51. The summed E-state index contributed by atoms with van der Waals surface area (Å²) in [7, 11) is 0. The second-order valence-corrected chi connectivity index (χ2v) is 7.21. The van der Waals surface area contributed by atoms with Crippen LogP contribution in [0.25, 0.3) is 0 Å². The molecule has 1 aliphatic heterocycles. The zero-order chi connectivity index (χ0) is 19.7. The van der Waals surface area contributed by atoms with Crippen molar-refractivity contribution in [2.24, 2.45) is 11.8 Å². The Labute approximate surface area is 161 Å². The van der Waals surface area contributed by atoms with Gasteiger partial charge in [-0.1, -0.05) is 12.1 Å². The molecule has 146 valence electrons. The number of hydrogen-bond donors (Lipinski definition) is 1. The van der Waals surface area contributed by atoms with Gasteiger partial charge in [-0.2, -0.15) is 0 Å². The van der Waals surface area contributed by atoms with E-state index in [9.17, 15) is 18.4 Å². The van der Waals surface area contributed by atoms with Crippen molar-refractivity contribution in [3.8, 4) is 0 Å². The Morgan fingerprint density at radius 3 is 2.25 bits per heavy atom. The molecule has 5 nitrogen and oxygen atoms in total. The minimum Gasteiger partial charge on any atom is -0.368 e. The first kappa shape index (κ1) is 18.4. The summed E-state index contributed by atoms with van der Waals surface area (Å²) >= 11 is 0. The number of carbonyl (C=O) groups excluding carboxylic acids is 2. The molecule has 2 atom stereocenters. The smallest absolute Gasteiger partial charge is 0.228 e. The number of anilines is 2. The van der Waals surface area contributed by atoms with E-state index in [4.69, 9.17) is 0 Å². The summed E-state index contributed by atoms with van der Waals surface area (Å²) in [4.78, 5) is 28.9. The second-order valence-electron chi connectivity index (χ2n) is 7.21. The summed E-state index contributed by atoms with van der Waals surface area (Å²) in [5.41, 5.74) is 1.07. The van der Waals surface area contributed by atoms with Crippen molar-refractivity contribution in [1.29, 1.82) is 0 Å². The first-order valence-corrected chi connectivity index (χ1v) is 9.37. The molecule has 1 saturated carbocycles. The van der Waals surface area contributed by atoms with Crippen LogP contribution in [0.3, 0.4) is 0 Å². The number of piperazine rings is 1. The van der Waals surface area contributed by atoms with Crippen LogP contribution in [0.15, 0.2) is 48.5 Å². The van der Waals surface area contributed by atoms with Crippen molar-refractivity contribution in [3.05, 3.63) is 60.2 Å². The maximum absolute atomic E-state index is 13.7. The first-order chi connectivity index (χ1) is 13.5. The second kappa shape index (κ2) is 7.58. The normalized spacial score (nSPS) is 21.4. The van der Waals surface area contributed by atoms with Gasteiger partial charge in [-0.3, -0.25) is 9.59 Å². The van der Waals surface area contributed by atoms with Crippen LogP contribution in [0, 0.1) is 23.5 Å². The molecule has 0 aromatic heterocycles. The lowest BCUT2D eigenvalue weighted by Gasteiger charge is -2.36. The first-order valence-electron chi connectivity index (χ1n) is 9.37. The summed E-state index contributed by atoms with van der Waals surface area (Å²) in [6.45, 7) is 2.45. The van der Waals surface area contributed by atoms with E-state index in [0.717, 1.165) is 5.69 Å². The number of para-hydroxylation sites is 1. The van der Waals surface area contributed by atoms with Gasteiger partial charge in [0.25, 0.3) is 0 Å². The van der Waals surface area contributed by atoms with E-state index in [1.807, 2.05) is 0 Å². The number of rotatable bonds is 4. The molecule has 2 aromatic carbocycles. The minimum atomic E-state index is -0.490. The highest BCUT2D eigenvalue weighted by molar-refractivity contribution is 5.99. The highest BCUT2D eigenvalue weighted by Crippen LogP contribution is 2.41. The molecular formula is C21H21F2N3O2. The fourth-order valence-corrected chi connectivity index (χ4v) is 3.62. The molecule has 2 aromatic rings. The Hall–Kier alpha value is -2.96. The van der Waals surface area contributed by atoms with E-state index < -0.39 is 11.7 Å². The lowest BCUT2D eigenvalue weighted by molar-refractivity contribution is -0.134. The Morgan fingerprint density at radius 1 is 0.893 bits per heavy atom. The van der Waals surface area contributed by atoms with Gasteiger partial charge in [-0.25, -0.2) is 8.78 Å². The molecule has 1 aliphatic carbocycles. The Bertz CT molecular complexity index is 879. The van der Waals surface area contributed by atoms with Crippen molar-refractivity contribution >= 4 is 23.2 Å². The fourth-order valence-electron chi connectivity index (χ4n) is 3.62. The molecule has 2 aliphatic rings. The molecular weight excluding hydrogens is 364 g/mol. The summed E-state index contributed by atoms with van der Waals surface area (Å²) < 4.78 is 26.7. The predicted molar refractivity (Wildman–Crippen MR) is 102 cm³/mol. The Morgan fingerprint density at radius 2 is 1.57 bits per heavy atom. The van der Waals surface area contributed by atoms with Crippen molar-refractivity contribution in [2.45, 2.75) is 6.42 Å². The summed E-state index contributed by atoms with van der Waals surface area (Å²) in [6, 6.07) is 12.3. The summed E-state index contributed by atoms with van der Waals surface area (Å²) in [6.07, 6.45) is 0.497. The van der Waals surface area contributed by atoms with Crippen molar-refractivity contribution in [1.82, 2.24) is 4.90 Å². The van der Waals surface area contributed by atoms with Crippen molar-refractivity contribution < 1.29 is 18.4 Å².